The lowest BCUT2D eigenvalue weighted by molar-refractivity contribution is 0.578. The van der Waals surface area contributed by atoms with Crippen molar-refractivity contribution in [2.75, 3.05) is 0 Å². The van der Waals surface area contributed by atoms with Gasteiger partial charge in [-0.1, -0.05) is 29.8 Å². The van der Waals surface area contributed by atoms with Crippen LogP contribution in [0.3, 0.4) is 0 Å². The first-order valence-electron chi connectivity index (χ1n) is 4.97. The van der Waals surface area contributed by atoms with Gasteiger partial charge in [0.05, 0.1) is 21.3 Å². The summed E-state index contributed by atoms with van der Waals surface area (Å²) in [5, 5.41) is 4.33. The molecule has 0 saturated carbocycles. The molecule has 0 N–H and O–H groups in total. The summed E-state index contributed by atoms with van der Waals surface area (Å²) >= 11 is 5.94. The van der Waals surface area contributed by atoms with Gasteiger partial charge in [0, 0.05) is 0 Å². The summed E-state index contributed by atoms with van der Waals surface area (Å²) in [4.78, 5) is 0.197. The molecule has 0 aliphatic carbocycles. The molecule has 2 rings (SSSR count). The molecule has 0 radical (unpaired) electrons. The summed E-state index contributed by atoms with van der Waals surface area (Å²) in [7, 11) is -3.65. The first-order valence-corrected chi connectivity index (χ1v) is 6.78. The third-order valence-electron chi connectivity index (χ3n) is 2.43. The van der Waals surface area contributed by atoms with E-state index in [4.69, 9.17) is 11.6 Å². The van der Waals surface area contributed by atoms with Gasteiger partial charge >= 0.3 is 0 Å². The SMILES string of the molecule is Cc1nn(S(=O)(=O)c2ccccc2)c(C)c1Cl. The van der Waals surface area contributed by atoms with E-state index in [1.807, 2.05) is 0 Å². The van der Waals surface area contributed by atoms with Crippen LogP contribution in [0.4, 0.5) is 0 Å². The number of hydrogen-bond acceptors (Lipinski definition) is 3. The van der Waals surface area contributed by atoms with E-state index >= 15 is 0 Å². The lowest BCUT2D eigenvalue weighted by atomic mass is 10.4. The number of halogens is 1. The Bertz CT molecular complexity index is 648. The summed E-state index contributed by atoms with van der Waals surface area (Å²) in [6.07, 6.45) is 0. The van der Waals surface area contributed by atoms with Crippen LogP contribution in [0.1, 0.15) is 11.4 Å². The molecule has 0 atom stereocenters. The maximum atomic E-state index is 12.3. The van der Waals surface area contributed by atoms with Gasteiger partial charge in [-0.2, -0.15) is 17.6 Å². The largest absolute Gasteiger partial charge is 0.283 e. The summed E-state index contributed by atoms with van der Waals surface area (Å²) in [5.41, 5.74) is 0.927. The van der Waals surface area contributed by atoms with Crippen molar-refractivity contribution >= 4 is 21.6 Å². The van der Waals surface area contributed by atoms with E-state index in [1.54, 1.807) is 32.0 Å². The van der Waals surface area contributed by atoms with Gasteiger partial charge in [0.25, 0.3) is 10.0 Å². The van der Waals surface area contributed by atoms with Gasteiger partial charge in [-0.3, -0.25) is 0 Å². The standard InChI is InChI=1S/C11H11ClN2O2S/c1-8-11(12)9(2)14(13-8)17(15,16)10-6-4-3-5-7-10/h3-7H,1-2H3. The fourth-order valence-corrected chi connectivity index (χ4v) is 3.08. The number of aromatic nitrogens is 2. The van der Waals surface area contributed by atoms with E-state index in [0.29, 0.717) is 16.4 Å². The van der Waals surface area contributed by atoms with Crippen molar-refractivity contribution in [2.24, 2.45) is 0 Å². The van der Waals surface area contributed by atoms with Crippen LogP contribution in [0.2, 0.25) is 5.02 Å². The van der Waals surface area contributed by atoms with Crippen molar-refractivity contribution in [2.45, 2.75) is 18.7 Å². The van der Waals surface area contributed by atoms with Crippen LogP contribution >= 0.6 is 11.6 Å². The minimum absolute atomic E-state index is 0.197. The highest BCUT2D eigenvalue weighted by Crippen LogP contribution is 2.23. The fourth-order valence-electron chi connectivity index (χ4n) is 1.53. The van der Waals surface area contributed by atoms with Gasteiger partial charge in [-0.15, -0.1) is 0 Å². The lowest BCUT2D eigenvalue weighted by Crippen LogP contribution is -2.16. The van der Waals surface area contributed by atoms with E-state index in [-0.39, 0.29) is 4.90 Å². The minimum atomic E-state index is -3.65. The molecule has 0 unspecified atom stereocenters. The molecule has 0 saturated heterocycles. The molecule has 0 aliphatic heterocycles. The second kappa shape index (κ2) is 4.16. The quantitative estimate of drug-likeness (QED) is 0.842. The molecule has 2 aromatic rings. The minimum Gasteiger partial charge on any atom is -0.199 e. The highest BCUT2D eigenvalue weighted by Gasteiger charge is 2.22. The molecule has 1 aromatic carbocycles. The number of hydrogen-bond donors (Lipinski definition) is 0. The Balaban J connectivity index is 2.65. The molecule has 1 aromatic heterocycles. The molecule has 0 spiro atoms. The Hall–Kier alpha value is -1.33. The van der Waals surface area contributed by atoms with E-state index in [9.17, 15) is 8.42 Å². The third-order valence-corrected chi connectivity index (χ3v) is 4.66. The normalized spacial score (nSPS) is 11.7. The van der Waals surface area contributed by atoms with Crippen molar-refractivity contribution < 1.29 is 8.42 Å². The van der Waals surface area contributed by atoms with Crippen LogP contribution in [0.25, 0.3) is 0 Å². The van der Waals surface area contributed by atoms with E-state index in [1.165, 1.54) is 12.1 Å². The van der Waals surface area contributed by atoms with Crippen molar-refractivity contribution in [3.63, 3.8) is 0 Å². The second-order valence-corrected chi connectivity index (χ2v) is 5.79. The van der Waals surface area contributed by atoms with Crippen LogP contribution in [0.15, 0.2) is 35.2 Å². The van der Waals surface area contributed by atoms with Gasteiger partial charge in [-0.25, -0.2) is 0 Å². The Morgan fingerprint density at radius 2 is 1.76 bits per heavy atom. The maximum Gasteiger partial charge on any atom is 0.283 e. The summed E-state index contributed by atoms with van der Waals surface area (Å²) < 4.78 is 25.5. The molecule has 0 fully saturated rings. The molecular weight excluding hydrogens is 260 g/mol. The Kier molecular flexibility index (Phi) is 2.97. The topological polar surface area (TPSA) is 52.0 Å². The zero-order valence-electron chi connectivity index (χ0n) is 9.38. The van der Waals surface area contributed by atoms with E-state index < -0.39 is 10.0 Å². The van der Waals surface area contributed by atoms with Gasteiger partial charge in [0.15, 0.2) is 0 Å². The molecule has 0 bridgehead atoms. The van der Waals surface area contributed by atoms with Gasteiger partial charge < -0.3 is 0 Å². The monoisotopic (exact) mass is 270 g/mol. The molecule has 0 amide bonds. The van der Waals surface area contributed by atoms with Crippen LogP contribution in [0.5, 0.6) is 0 Å². The third kappa shape index (κ3) is 1.96. The molecule has 0 aliphatic rings. The van der Waals surface area contributed by atoms with Crippen molar-refractivity contribution in [1.82, 2.24) is 9.19 Å². The molecule has 1 heterocycles. The van der Waals surface area contributed by atoms with Crippen molar-refractivity contribution in [3.05, 3.63) is 46.7 Å². The molecular formula is C11H11ClN2O2S. The van der Waals surface area contributed by atoms with Crippen LogP contribution < -0.4 is 0 Å². The summed E-state index contributed by atoms with van der Waals surface area (Å²) in [5.74, 6) is 0. The van der Waals surface area contributed by atoms with Crippen LogP contribution in [-0.4, -0.2) is 17.6 Å². The smallest absolute Gasteiger partial charge is 0.199 e. The second-order valence-electron chi connectivity index (χ2n) is 3.65. The lowest BCUT2D eigenvalue weighted by Gasteiger charge is -2.05. The highest BCUT2D eigenvalue weighted by molar-refractivity contribution is 7.89. The fraction of sp³-hybridized carbons (Fsp3) is 0.182. The van der Waals surface area contributed by atoms with Gasteiger partial charge in [-0.05, 0) is 26.0 Å². The molecule has 6 heteroatoms. The first kappa shape index (κ1) is 12.1. The summed E-state index contributed by atoms with van der Waals surface area (Å²) in [6.45, 7) is 3.30. The zero-order chi connectivity index (χ0) is 12.6. The van der Waals surface area contributed by atoms with Crippen molar-refractivity contribution in [1.29, 1.82) is 0 Å². The van der Waals surface area contributed by atoms with Crippen molar-refractivity contribution in [3.8, 4) is 0 Å². The average molecular weight is 271 g/mol. The molecule has 17 heavy (non-hydrogen) atoms. The van der Waals surface area contributed by atoms with E-state index in [0.717, 1.165) is 4.09 Å². The maximum absolute atomic E-state index is 12.3. The van der Waals surface area contributed by atoms with Gasteiger partial charge in [0.1, 0.15) is 0 Å². The highest BCUT2D eigenvalue weighted by atomic mass is 35.5. The number of aryl methyl sites for hydroxylation is 1. The Morgan fingerprint density at radius 3 is 2.24 bits per heavy atom. The van der Waals surface area contributed by atoms with Crippen LogP contribution in [0, 0.1) is 13.8 Å². The number of benzene rings is 1. The molecule has 4 nitrogen and oxygen atoms in total. The first-order chi connectivity index (χ1) is 7.94. The van der Waals surface area contributed by atoms with Crippen LogP contribution in [-0.2, 0) is 10.0 Å². The number of nitrogens with zero attached hydrogens (tertiary/aromatic N) is 2. The summed E-state index contributed by atoms with van der Waals surface area (Å²) in [6, 6.07) is 8.15. The van der Waals surface area contributed by atoms with Gasteiger partial charge in [0.2, 0.25) is 0 Å². The van der Waals surface area contributed by atoms with E-state index in [2.05, 4.69) is 5.10 Å². The molecule has 90 valence electrons. The Labute approximate surface area is 105 Å². The number of rotatable bonds is 2. The predicted octanol–water partition coefficient (Wildman–Crippen LogP) is 2.39. The predicted molar refractivity (Wildman–Crippen MR) is 65.7 cm³/mol. The average Bonchev–Trinajstić information content (AvgIpc) is 2.59. The zero-order valence-corrected chi connectivity index (χ0v) is 11.0. The Morgan fingerprint density at radius 1 is 1.18 bits per heavy atom.